The summed E-state index contributed by atoms with van der Waals surface area (Å²) in [5.41, 5.74) is 4.52. The molecule has 0 bridgehead atoms. The molecule has 0 aliphatic heterocycles. The van der Waals surface area contributed by atoms with E-state index in [1.54, 1.807) is 19.1 Å². The van der Waals surface area contributed by atoms with E-state index in [2.05, 4.69) is 16.4 Å². The third-order valence-corrected chi connectivity index (χ3v) is 4.91. The Hall–Kier alpha value is -3.21. The summed E-state index contributed by atoms with van der Waals surface area (Å²) >= 11 is 0. The van der Waals surface area contributed by atoms with Gasteiger partial charge >= 0.3 is 0 Å². The average molecular weight is 379 g/mol. The van der Waals surface area contributed by atoms with Gasteiger partial charge in [-0.25, -0.2) is 4.98 Å². The van der Waals surface area contributed by atoms with Crippen molar-refractivity contribution in [2.45, 2.75) is 18.7 Å². The molecule has 0 aliphatic rings. The first-order valence-electron chi connectivity index (χ1n) is 8.11. The molecule has 6 nitrogen and oxygen atoms in total. The Morgan fingerprint density at radius 1 is 1.07 bits per heavy atom. The molecule has 3 aromatic rings. The van der Waals surface area contributed by atoms with Gasteiger partial charge in [0.25, 0.3) is 10.1 Å². The van der Waals surface area contributed by atoms with Crippen LogP contribution in [0.25, 0.3) is 11.1 Å². The predicted molar refractivity (Wildman–Crippen MR) is 103 cm³/mol. The second-order valence-electron chi connectivity index (χ2n) is 6.12. The Morgan fingerprint density at radius 3 is 2.41 bits per heavy atom. The van der Waals surface area contributed by atoms with E-state index in [-0.39, 0.29) is 4.90 Å². The quantitative estimate of drug-likeness (QED) is 0.658. The van der Waals surface area contributed by atoms with Gasteiger partial charge in [0.15, 0.2) is 0 Å². The van der Waals surface area contributed by atoms with E-state index in [1.165, 1.54) is 12.1 Å². The van der Waals surface area contributed by atoms with Gasteiger partial charge in [0.05, 0.1) is 22.2 Å². The molecule has 0 saturated heterocycles. The van der Waals surface area contributed by atoms with Crippen molar-refractivity contribution in [1.29, 1.82) is 5.26 Å². The van der Waals surface area contributed by atoms with Crippen molar-refractivity contribution in [2.24, 2.45) is 0 Å². The van der Waals surface area contributed by atoms with Gasteiger partial charge in [-0.05, 0) is 43.2 Å². The molecule has 0 amide bonds. The SMILES string of the molecule is Cc1cc(S(=O)(=O)O)cc(Nc2c(C)cccc2-c2ccc(C#N)cc2)n1. The maximum atomic E-state index is 11.5. The lowest BCUT2D eigenvalue weighted by Crippen LogP contribution is -2.04. The molecule has 1 aromatic heterocycles. The number of rotatable bonds is 4. The van der Waals surface area contributed by atoms with E-state index in [9.17, 15) is 13.0 Å². The fourth-order valence-corrected chi connectivity index (χ4v) is 3.36. The molecule has 0 saturated carbocycles. The van der Waals surface area contributed by atoms with Crippen molar-refractivity contribution in [2.75, 3.05) is 5.32 Å². The first kappa shape index (κ1) is 18.6. The summed E-state index contributed by atoms with van der Waals surface area (Å²) in [5, 5.41) is 12.1. The Bertz CT molecular complexity index is 1150. The fraction of sp³-hybridized carbons (Fsp3) is 0.100. The van der Waals surface area contributed by atoms with Gasteiger partial charge in [0, 0.05) is 17.3 Å². The topological polar surface area (TPSA) is 103 Å². The van der Waals surface area contributed by atoms with Crippen LogP contribution in [-0.4, -0.2) is 18.0 Å². The number of aryl methyl sites for hydroxylation is 2. The van der Waals surface area contributed by atoms with Crippen LogP contribution in [0, 0.1) is 25.2 Å². The summed E-state index contributed by atoms with van der Waals surface area (Å²) in [4.78, 5) is 4.10. The molecular weight excluding hydrogens is 362 g/mol. The maximum Gasteiger partial charge on any atom is 0.294 e. The highest BCUT2D eigenvalue weighted by Crippen LogP contribution is 2.33. The largest absolute Gasteiger partial charge is 0.339 e. The van der Waals surface area contributed by atoms with E-state index < -0.39 is 10.1 Å². The van der Waals surface area contributed by atoms with Crippen molar-refractivity contribution in [1.82, 2.24) is 4.98 Å². The van der Waals surface area contributed by atoms with Crippen LogP contribution in [0.5, 0.6) is 0 Å². The summed E-state index contributed by atoms with van der Waals surface area (Å²) in [6, 6.07) is 17.6. The summed E-state index contributed by atoms with van der Waals surface area (Å²) in [6.07, 6.45) is 0. The number of nitrogens with zero attached hydrogens (tertiary/aromatic N) is 2. The van der Waals surface area contributed by atoms with Crippen molar-refractivity contribution >= 4 is 21.6 Å². The van der Waals surface area contributed by atoms with Crippen molar-refractivity contribution < 1.29 is 13.0 Å². The van der Waals surface area contributed by atoms with E-state index in [1.807, 2.05) is 37.3 Å². The van der Waals surface area contributed by atoms with Crippen LogP contribution in [0.4, 0.5) is 11.5 Å². The Morgan fingerprint density at radius 2 is 1.78 bits per heavy atom. The molecule has 2 aromatic carbocycles. The van der Waals surface area contributed by atoms with Gasteiger partial charge in [0.1, 0.15) is 5.82 Å². The highest BCUT2D eigenvalue weighted by atomic mass is 32.2. The zero-order valence-electron chi connectivity index (χ0n) is 14.8. The zero-order chi connectivity index (χ0) is 19.6. The third kappa shape index (κ3) is 4.14. The molecule has 0 atom stereocenters. The van der Waals surface area contributed by atoms with Crippen LogP contribution in [0.2, 0.25) is 0 Å². The van der Waals surface area contributed by atoms with Crippen LogP contribution in [0.1, 0.15) is 16.8 Å². The van der Waals surface area contributed by atoms with Gasteiger partial charge in [-0.1, -0.05) is 30.3 Å². The van der Waals surface area contributed by atoms with Gasteiger partial charge < -0.3 is 5.32 Å². The maximum absolute atomic E-state index is 11.5. The lowest BCUT2D eigenvalue weighted by atomic mass is 9.99. The third-order valence-electron chi connectivity index (χ3n) is 4.08. The molecule has 7 heteroatoms. The predicted octanol–water partition coefficient (Wildman–Crippen LogP) is 4.23. The zero-order valence-corrected chi connectivity index (χ0v) is 15.6. The minimum Gasteiger partial charge on any atom is -0.339 e. The lowest BCUT2D eigenvalue weighted by molar-refractivity contribution is 0.483. The number of anilines is 2. The molecule has 0 radical (unpaired) electrons. The molecule has 0 unspecified atom stereocenters. The van der Waals surface area contributed by atoms with Crippen LogP contribution >= 0.6 is 0 Å². The number of pyridine rings is 1. The van der Waals surface area contributed by atoms with Crippen molar-refractivity contribution in [3.63, 3.8) is 0 Å². The van der Waals surface area contributed by atoms with Crippen LogP contribution in [0.15, 0.2) is 59.5 Å². The molecular formula is C20H17N3O3S. The average Bonchev–Trinajstić information content (AvgIpc) is 2.62. The molecule has 0 fully saturated rings. The summed E-state index contributed by atoms with van der Waals surface area (Å²) in [5.74, 6) is 0.312. The molecule has 27 heavy (non-hydrogen) atoms. The minimum absolute atomic E-state index is 0.217. The molecule has 0 spiro atoms. The molecule has 1 heterocycles. The van der Waals surface area contributed by atoms with Gasteiger partial charge in [-0.15, -0.1) is 0 Å². The van der Waals surface area contributed by atoms with Gasteiger partial charge in [0.2, 0.25) is 0 Å². The number of para-hydroxylation sites is 1. The second-order valence-corrected chi connectivity index (χ2v) is 7.54. The number of nitriles is 1. The van der Waals surface area contributed by atoms with Crippen LogP contribution < -0.4 is 5.32 Å². The highest BCUT2D eigenvalue weighted by molar-refractivity contribution is 7.85. The highest BCUT2D eigenvalue weighted by Gasteiger charge is 2.14. The number of benzene rings is 2. The van der Waals surface area contributed by atoms with Gasteiger partial charge in [-0.2, -0.15) is 13.7 Å². The summed E-state index contributed by atoms with van der Waals surface area (Å²) in [6.45, 7) is 3.58. The minimum atomic E-state index is -4.33. The number of hydrogen-bond acceptors (Lipinski definition) is 5. The van der Waals surface area contributed by atoms with Crippen molar-refractivity contribution in [3.8, 4) is 17.2 Å². The van der Waals surface area contributed by atoms with Crippen LogP contribution in [0.3, 0.4) is 0 Å². The van der Waals surface area contributed by atoms with Crippen molar-refractivity contribution in [3.05, 3.63) is 71.4 Å². The standard InChI is InChI=1S/C20H17N3O3S/c1-13-4-3-5-18(16-8-6-15(12-21)7-9-16)20(13)23-19-11-17(27(24,25)26)10-14(2)22-19/h3-11H,1-2H3,(H,22,23)(H,24,25,26). The van der Waals surface area contributed by atoms with E-state index in [0.29, 0.717) is 17.1 Å². The first-order chi connectivity index (χ1) is 12.8. The monoisotopic (exact) mass is 379 g/mol. The van der Waals surface area contributed by atoms with E-state index in [4.69, 9.17) is 5.26 Å². The molecule has 0 aliphatic carbocycles. The molecule has 136 valence electrons. The van der Waals surface area contributed by atoms with E-state index in [0.717, 1.165) is 22.4 Å². The molecule has 3 rings (SSSR count). The smallest absolute Gasteiger partial charge is 0.294 e. The first-order valence-corrected chi connectivity index (χ1v) is 9.55. The Labute approximate surface area is 157 Å². The summed E-state index contributed by atoms with van der Waals surface area (Å²) in [7, 11) is -4.33. The lowest BCUT2D eigenvalue weighted by Gasteiger charge is -2.15. The van der Waals surface area contributed by atoms with Gasteiger partial charge in [-0.3, -0.25) is 4.55 Å². The summed E-state index contributed by atoms with van der Waals surface area (Å²) < 4.78 is 32.3. The van der Waals surface area contributed by atoms with Crippen LogP contribution in [-0.2, 0) is 10.1 Å². The van der Waals surface area contributed by atoms with E-state index >= 15 is 0 Å². The number of nitrogens with one attached hydrogen (secondary N) is 1. The molecule has 2 N–H and O–H groups in total. The normalized spacial score (nSPS) is 11.0. The second kappa shape index (κ2) is 7.19. The number of hydrogen-bond donors (Lipinski definition) is 2. The fourth-order valence-electron chi connectivity index (χ4n) is 2.78. The number of aromatic nitrogens is 1. The Kier molecular flexibility index (Phi) is 4.95. The Balaban J connectivity index is 2.08.